The SMILES string of the molecule is CC(=O)OCc1cc2cc3c(cc2oc1=O)oc1ccccc13. The monoisotopic (exact) mass is 308 g/mol. The fourth-order valence-corrected chi connectivity index (χ4v) is 2.66. The van der Waals surface area contributed by atoms with Crippen LogP contribution in [0.25, 0.3) is 32.9 Å². The summed E-state index contributed by atoms with van der Waals surface area (Å²) in [5, 5.41) is 2.70. The summed E-state index contributed by atoms with van der Waals surface area (Å²) in [4.78, 5) is 22.9. The van der Waals surface area contributed by atoms with Gasteiger partial charge < -0.3 is 13.6 Å². The van der Waals surface area contributed by atoms with Crippen LogP contribution in [0.2, 0.25) is 0 Å². The van der Waals surface area contributed by atoms with Crippen molar-refractivity contribution in [1.82, 2.24) is 0 Å². The number of fused-ring (bicyclic) bond motifs is 4. The lowest BCUT2D eigenvalue weighted by Crippen LogP contribution is -2.10. The van der Waals surface area contributed by atoms with E-state index < -0.39 is 11.6 Å². The average molecular weight is 308 g/mol. The van der Waals surface area contributed by atoms with Crippen LogP contribution in [0.5, 0.6) is 0 Å². The van der Waals surface area contributed by atoms with Gasteiger partial charge in [-0.3, -0.25) is 4.79 Å². The largest absolute Gasteiger partial charge is 0.461 e. The molecular formula is C18H12O5. The van der Waals surface area contributed by atoms with E-state index in [2.05, 4.69) is 0 Å². The molecule has 4 rings (SSSR count). The number of carbonyl (C=O) groups excluding carboxylic acids is 1. The lowest BCUT2D eigenvalue weighted by molar-refractivity contribution is -0.142. The Morgan fingerprint density at radius 3 is 2.65 bits per heavy atom. The van der Waals surface area contributed by atoms with Gasteiger partial charge in [0.05, 0.1) is 5.56 Å². The van der Waals surface area contributed by atoms with Gasteiger partial charge >= 0.3 is 11.6 Å². The zero-order chi connectivity index (χ0) is 16.0. The second kappa shape index (κ2) is 4.98. The Labute approximate surface area is 130 Å². The number of hydrogen-bond donors (Lipinski definition) is 0. The minimum atomic E-state index is -0.519. The number of rotatable bonds is 2. The van der Waals surface area contributed by atoms with Crippen molar-refractivity contribution in [2.45, 2.75) is 13.5 Å². The summed E-state index contributed by atoms with van der Waals surface area (Å²) < 4.78 is 16.0. The normalized spacial score (nSPS) is 11.3. The topological polar surface area (TPSA) is 69.7 Å². The number of para-hydroxylation sites is 1. The Morgan fingerprint density at radius 1 is 1.00 bits per heavy atom. The van der Waals surface area contributed by atoms with Crippen LogP contribution >= 0.6 is 0 Å². The summed E-state index contributed by atoms with van der Waals surface area (Å²) in [6, 6.07) is 13.0. The van der Waals surface area contributed by atoms with Crippen LogP contribution < -0.4 is 5.63 Å². The third-order valence-corrected chi connectivity index (χ3v) is 3.73. The molecule has 0 fully saturated rings. The minimum Gasteiger partial charge on any atom is -0.461 e. The van der Waals surface area contributed by atoms with Crippen LogP contribution in [0.3, 0.4) is 0 Å². The molecule has 0 aliphatic heterocycles. The lowest BCUT2D eigenvalue weighted by atomic mass is 10.1. The Hall–Kier alpha value is -3.08. The van der Waals surface area contributed by atoms with Gasteiger partial charge in [0.25, 0.3) is 0 Å². The molecule has 0 aliphatic carbocycles. The molecule has 0 saturated heterocycles. The third kappa shape index (κ3) is 2.26. The highest BCUT2D eigenvalue weighted by Crippen LogP contribution is 2.31. The van der Waals surface area contributed by atoms with Gasteiger partial charge in [0, 0.05) is 29.1 Å². The zero-order valence-electron chi connectivity index (χ0n) is 12.3. The van der Waals surface area contributed by atoms with Gasteiger partial charge in [0.2, 0.25) is 0 Å². The molecule has 0 unspecified atom stereocenters. The van der Waals surface area contributed by atoms with Crippen molar-refractivity contribution < 1.29 is 18.4 Å². The minimum absolute atomic E-state index is 0.0994. The van der Waals surface area contributed by atoms with E-state index in [1.165, 1.54) is 6.92 Å². The number of ether oxygens (including phenoxy) is 1. The zero-order valence-corrected chi connectivity index (χ0v) is 12.3. The third-order valence-electron chi connectivity index (χ3n) is 3.73. The number of carbonyl (C=O) groups is 1. The van der Waals surface area contributed by atoms with Crippen LogP contribution in [0.15, 0.2) is 56.1 Å². The first-order valence-corrected chi connectivity index (χ1v) is 7.13. The Bertz CT molecular complexity index is 1120. The second-order valence-corrected chi connectivity index (χ2v) is 5.32. The van der Waals surface area contributed by atoms with Crippen molar-refractivity contribution in [3.63, 3.8) is 0 Å². The van der Waals surface area contributed by atoms with Crippen LogP contribution in [0, 0.1) is 0 Å². The first-order chi connectivity index (χ1) is 11.1. The molecule has 5 nitrogen and oxygen atoms in total. The molecule has 2 heterocycles. The van der Waals surface area contributed by atoms with Crippen LogP contribution in [0.1, 0.15) is 12.5 Å². The van der Waals surface area contributed by atoms with E-state index in [0.717, 1.165) is 21.7 Å². The first-order valence-electron chi connectivity index (χ1n) is 7.13. The summed E-state index contributed by atoms with van der Waals surface area (Å²) in [5.74, 6) is -0.444. The molecule has 0 bridgehead atoms. The van der Waals surface area contributed by atoms with E-state index in [9.17, 15) is 9.59 Å². The van der Waals surface area contributed by atoms with Crippen molar-refractivity contribution in [1.29, 1.82) is 0 Å². The summed E-state index contributed by atoms with van der Waals surface area (Å²) in [6.07, 6.45) is 0. The summed E-state index contributed by atoms with van der Waals surface area (Å²) >= 11 is 0. The van der Waals surface area contributed by atoms with Crippen molar-refractivity contribution in [2.75, 3.05) is 0 Å². The molecule has 2 aromatic carbocycles. The maximum absolute atomic E-state index is 12.0. The summed E-state index contributed by atoms with van der Waals surface area (Å²) in [7, 11) is 0. The molecule has 114 valence electrons. The Kier molecular flexibility index (Phi) is 2.94. The Balaban J connectivity index is 1.95. The molecule has 0 radical (unpaired) electrons. The smallest absolute Gasteiger partial charge is 0.342 e. The second-order valence-electron chi connectivity index (χ2n) is 5.32. The quantitative estimate of drug-likeness (QED) is 0.416. The predicted molar refractivity (Wildman–Crippen MR) is 85.2 cm³/mol. The molecule has 0 atom stereocenters. The number of furan rings is 1. The molecule has 5 heteroatoms. The molecular weight excluding hydrogens is 296 g/mol. The molecule has 4 aromatic rings. The number of hydrogen-bond acceptors (Lipinski definition) is 5. The van der Waals surface area contributed by atoms with Gasteiger partial charge in [-0.15, -0.1) is 0 Å². The van der Waals surface area contributed by atoms with Crippen LogP contribution in [-0.2, 0) is 16.1 Å². The van der Waals surface area contributed by atoms with E-state index in [1.807, 2.05) is 30.3 Å². The molecule has 0 N–H and O–H groups in total. The fraction of sp³-hybridized carbons (Fsp3) is 0.111. The highest BCUT2D eigenvalue weighted by molar-refractivity contribution is 6.09. The standard InChI is InChI=1S/C18H12O5/c1-10(19)21-9-12-6-11-7-14-13-4-2-3-5-15(13)22-17(14)8-16(11)23-18(12)20/h2-8H,9H2,1H3. The van der Waals surface area contributed by atoms with E-state index in [4.69, 9.17) is 13.6 Å². The van der Waals surface area contributed by atoms with E-state index in [1.54, 1.807) is 12.1 Å². The summed E-state index contributed by atoms with van der Waals surface area (Å²) in [5.41, 5.74) is 1.66. The Morgan fingerprint density at radius 2 is 1.83 bits per heavy atom. The highest BCUT2D eigenvalue weighted by Gasteiger charge is 2.12. The molecule has 0 aliphatic rings. The van der Waals surface area contributed by atoms with Gasteiger partial charge in [-0.2, -0.15) is 0 Å². The van der Waals surface area contributed by atoms with Crippen molar-refractivity contribution in [3.8, 4) is 0 Å². The molecule has 0 spiro atoms. The lowest BCUT2D eigenvalue weighted by Gasteiger charge is -2.03. The van der Waals surface area contributed by atoms with Crippen molar-refractivity contribution in [3.05, 3.63) is 58.4 Å². The van der Waals surface area contributed by atoms with Gasteiger partial charge in [-0.1, -0.05) is 18.2 Å². The maximum atomic E-state index is 12.0. The first kappa shape index (κ1) is 13.6. The van der Waals surface area contributed by atoms with Gasteiger partial charge in [-0.25, -0.2) is 4.79 Å². The van der Waals surface area contributed by atoms with Gasteiger partial charge in [0.1, 0.15) is 23.4 Å². The molecule has 23 heavy (non-hydrogen) atoms. The fourth-order valence-electron chi connectivity index (χ4n) is 2.66. The molecule has 0 amide bonds. The van der Waals surface area contributed by atoms with Gasteiger partial charge in [0.15, 0.2) is 0 Å². The maximum Gasteiger partial charge on any atom is 0.342 e. The molecule has 0 saturated carbocycles. The van der Waals surface area contributed by atoms with Gasteiger partial charge in [-0.05, 0) is 18.2 Å². The predicted octanol–water partition coefficient (Wildman–Crippen LogP) is 3.76. The number of benzene rings is 2. The molecule has 2 aromatic heterocycles. The van der Waals surface area contributed by atoms with E-state index in [-0.39, 0.29) is 6.61 Å². The van der Waals surface area contributed by atoms with Crippen molar-refractivity contribution in [2.24, 2.45) is 0 Å². The summed E-state index contributed by atoms with van der Waals surface area (Å²) in [6.45, 7) is 1.20. The number of esters is 1. The van der Waals surface area contributed by atoms with Crippen LogP contribution in [0.4, 0.5) is 0 Å². The van der Waals surface area contributed by atoms with Crippen LogP contribution in [-0.4, -0.2) is 5.97 Å². The highest BCUT2D eigenvalue weighted by atomic mass is 16.5. The van der Waals surface area contributed by atoms with Crippen molar-refractivity contribution >= 4 is 38.9 Å². The van der Waals surface area contributed by atoms with E-state index in [0.29, 0.717) is 16.7 Å². The average Bonchev–Trinajstić information content (AvgIpc) is 2.88. The van der Waals surface area contributed by atoms with E-state index >= 15 is 0 Å².